The quantitative estimate of drug-likeness (QED) is 0.631. The second kappa shape index (κ2) is 6.80. The molecule has 0 spiro atoms. The number of nitrogens with one attached hydrogen (secondary N) is 2. The summed E-state index contributed by atoms with van der Waals surface area (Å²) in [7, 11) is 0. The van der Waals surface area contributed by atoms with Gasteiger partial charge in [0.2, 0.25) is 0 Å². The average molecular weight is 296 g/mol. The Morgan fingerprint density at radius 1 is 1.43 bits per heavy atom. The minimum atomic E-state index is -0.485. The zero-order chi connectivity index (χ0) is 15.4. The van der Waals surface area contributed by atoms with E-state index in [2.05, 4.69) is 10.3 Å². The average Bonchev–Trinajstić information content (AvgIpc) is 2.43. The van der Waals surface area contributed by atoms with E-state index in [9.17, 15) is 14.7 Å². The van der Waals surface area contributed by atoms with E-state index in [1.54, 1.807) is 0 Å². The first kappa shape index (κ1) is 15.6. The summed E-state index contributed by atoms with van der Waals surface area (Å²) in [6, 6.07) is 0. The molecule has 5 N–H and O–H groups in total. The van der Waals surface area contributed by atoms with Gasteiger partial charge < -0.3 is 16.2 Å². The number of hydrogen-bond acceptors (Lipinski definition) is 5. The third kappa shape index (κ3) is 3.66. The van der Waals surface area contributed by atoms with Crippen molar-refractivity contribution < 1.29 is 5.11 Å². The molecular formula is C14H24N4O3. The number of aliphatic hydroxyl groups is 1. The maximum absolute atomic E-state index is 11.9. The molecule has 1 aliphatic rings. The van der Waals surface area contributed by atoms with Gasteiger partial charge in [0.25, 0.3) is 5.56 Å². The molecule has 0 radical (unpaired) electrons. The smallest absolute Gasteiger partial charge is 0.330 e. The number of H-pyrrole nitrogens is 1. The molecule has 118 valence electrons. The van der Waals surface area contributed by atoms with Crippen LogP contribution >= 0.6 is 0 Å². The molecule has 1 fully saturated rings. The van der Waals surface area contributed by atoms with Crippen LogP contribution in [0, 0.1) is 5.92 Å². The Labute approximate surface area is 123 Å². The highest BCUT2D eigenvalue weighted by Crippen LogP contribution is 2.24. The van der Waals surface area contributed by atoms with Crippen molar-refractivity contribution >= 4 is 11.5 Å². The zero-order valence-electron chi connectivity index (χ0n) is 12.4. The molecule has 0 aliphatic heterocycles. The van der Waals surface area contributed by atoms with Crippen LogP contribution in [0.4, 0.5) is 11.5 Å². The van der Waals surface area contributed by atoms with Crippen molar-refractivity contribution in [3.05, 3.63) is 20.8 Å². The molecule has 1 aliphatic carbocycles. The third-order valence-corrected chi connectivity index (χ3v) is 4.01. The lowest BCUT2D eigenvalue weighted by atomic mass is 9.87. The van der Waals surface area contributed by atoms with Crippen LogP contribution in [0.5, 0.6) is 0 Å². The summed E-state index contributed by atoms with van der Waals surface area (Å²) in [4.78, 5) is 25.9. The van der Waals surface area contributed by atoms with Crippen molar-refractivity contribution in [3.63, 3.8) is 0 Å². The molecule has 0 amide bonds. The topological polar surface area (TPSA) is 113 Å². The first-order valence-corrected chi connectivity index (χ1v) is 7.57. The first-order chi connectivity index (χ1) is 10.0. The second-order valence-corrected chi connectivity index (χ2v) is 5.74. The van der Waals surface area contributed by atoms with Gasteiger partial charge in [-0.3, -0.25) is 14.3 Å². The van der Waals surface area contributed by atoms with Crippen molar-refractivity contribution in [2.24, 2.45) is 5.92 Å². The molecule has 7 nitrogen and oxygen atoms in total. The lowest BCUT2D eigenvalue weighted by molar-refractivity contribution is 0.105. The zero-order valence-corrected chi connectivity index (χ0v) is 12.4. The maximum atomic E-state index is 11.9. The third-order valence-electron chi connectivity index (χ3n) is 4.01. The highest BCUT2D eigenvalue weighted by molar-refractivity contribution is 5.60. The Kier molecular flexibility index (Phi) is 5.06. The lowest BCUT2D eigenvalue weighted by Gasteiger charge is -2.26. The molecule has 1 aromatic rings. The minimum Gasteiger partial charge on any atom is -0.393 e. The largest absolute Gasteiger partial charge is 0.393 e. The van der Waals surface area contributed by atoms with Crippen molar-refractivity contribution in [1.29, 1.82) is 0 Å². The van der Waals surface area contributed by atoms with E-state index >= 15 is 0 Å². The number of rotatable bonds is 5. The number of anilines is 2. The summed E-state index contributed by atoms with van der Waals surface area (Å²) in [5.41, 5.74) is 5.24. The van der Waals surface area contributed by atoms with Crippen LogP contribution < -0.4 is 22.3 Å². The SMILES string of the molecule is CCCn1c(N)c(NCC2CCCC(O)C2)c(=O)[nH]c1=O. The van der Waals surface area contributed by atoms with Crippen LogP contribution in [0.25, 0.3) is 0 Å². The number of nitrogen functional groups attached to an aromatic ring is 1. The number of nitrogens with zero attached hydrogens (tertiary/aromatic N) is 1. The van der Waals surface area contributed by atoms with E-state index in [4.69, 9.17) is 5.73 Å². The molecule has 1 heterocycles. The molecule has 0 saturated heterocycles. The highest BCUT2D eigenvalue weighted by atomic mass is 16.3. The number of aromatic nitrogens is 2. The Morgan fingerprint density at radius 3 is 2.86 bits per heavy atom. The number of aliphatic hydroxyl groups excluding tert-OH is 1. The van der Waals surface area contributed by atoms with Crippen molar-refractivity contribution in [1.82, 2.24) is 9.55 Å². The highest BCUT2D eigenvalue weighted by Gasteiger charge is 2.21. The standard InChI is InChI=1S/C14H24N4O3/c1-2-6-18-12(15)11(13(20)17-14(18)21)16-8-9-4-3-5-10(19)7-9/h9-10,16,19H,2-8,15H2,1H3,(H,17,20,21). The molecule has 1 aromatic heterocycles. The number of hydrogen-bond donors (Lipinski definition) is 4. The molecule has 7 heteroatoms. The fraction of sp³-hybridized carbons (Fsp3) is 0.714. The van der Waals surface area contributed by atoms with E-state index in [0.717, 1.165) is 32.1 Å². The molecule has 1 saturated carbocycles. The van der Waals surface area contributed by atoms with Gasteiger partial charge in [0.15, 0.2) is 0 Å². The van der Waals surface area contributed by atoms with Crippen LogP contribution in [0.3, 0.4) is 0 Å². The van der Waals surface area contributed by atoms with E-state index < -0.39 is 11.2 Å². The number of aromatic amines is 1. The van der Waals surface area contributed by atoms with Crippen LogP contribution in [0.1, 0.15) is 39.0 Å². The van der Waals surface area contributed by atoms with Gasteiger partial charge >= 0.3 is 5.69 Å². The fourth-order valence-electron chi connectivity index (χ4n) is 2.90. The van der Waals surface area contributed by atoms with Gasteiger partial charge in [-0.25, -0.2) is 4.79 Å². The van der Waals surface area contributed by atoms with Crippen molar-refractivity contribution in [2.75, 3.05) is 17.6 Å². The second-order valence-electron chi connectivity index (χ2n) is 5.74. The van der Waals surface area contributed by atoms with Gasteiger partial charge in [-0.2, -0.15) is 0 Å². The predicted molar refractivity (Wildman–Crippen MR) is 82.5 cm³/mol. The van der Waals surface area contributed by atoms with Gasteiger partial charge in [0.1, 0.15) is 11.5 Å². The van der Waals surface area contributed by atoms with E-state index in [1.165, 1.54) is 4.57 Å². The summed E-state index contributed by atoms with van der Waals surface area (Å²) in [5.74, 6) is 0.501. The van der Waals surface area contributed by atoms with Crippen LogP contribution in [0.15, 0.2) is 9.59 Å². The number of nitrogens with two attached hydrogens (primary N) is 1. The first-order valence-electron chi connectivity index (χ1n) is 7.57. The summed E-state index contributed by atoms with van der Waals surface area (Å²) in [6.45, 7) is 2.99. The normalized spacial score (nSPS) is 22.2. The molecular weight excluding hydrogens is 272 g/mol. The molecule has 2 atom stereocenters. The lowest BCUT2D eigenvalue weighted by Crippen LogP contribution is -2.35. The van der Waals surface area contributed by atoms with Gasteiger partial charge in [-0.15, -0.1) is 0 Å². The maximum Gasteiger partial charge on any atom is 0.330 e. The van der Waals surface area contributed by atoms with E-state index in [1.807, 2.05) is 6.92 Å². The van der Waals surface area contributed by atoms with Gasteiger partial charge in [-0.05, 0) is 31.6 Å². The Hall–Kier alpha value is -1.76. The Balaban J connectivity index is 2.14. The van der Waals surface area contributed by atoms with Crippen LogP contribution in [-0.4, -0.2) is 27.3 Å². The molecule has 2 rings (SSSR count). The molecule has 0 bridgehead atoms. The van der Waals surface area contributed by atoms with Crippen molar-refractivity contribution in [2.45, 2.75) is 51.7 Å². The summed E-state index contributed by atoms with van der Waals surface area (Å²) in [6.07, 6.45) is 4.10. The summed E-state index contributed by atoms with van der Waals surface area (Å²) < 4.78 is 1.37. The monoisotopic (exact) mass is 296 g/mol. The van der Waals surface area contributed by atoms with E-state index in [0.29, 0.717) is 19.0 Å². The predicted octanol–water partition coefficient (Wildman–Crippen LogP) is 0.492. The molecule has 21 heavy (non-hydrogen) atoms. The summed E-state index contributed by atoms with van der Waals surface area (Å²) in [5, 5.41) is 12.7. The Morgan fingerprint density at radius 2 is 2.19 bits per heavy atom. The minimum absolute atomic E-state index is 0.182. The van der Waals surface area contributed by atoms with Crippen LogP contribution in [-0.2, 0) is 6.54 Å². The van der Waals surface area contributed by atoms with Crippen molar-refractivity contribution in [3.8, 4) is 0 Å². The molecule has 0 aromatic carbocycles. The summed E-state index contributed by atoms with van der Waals surface area (Å²) >= 11 is 0. The van der Waals surface area contributed by atoms with Gasteiger partial charge in [-0.1, -0.05) is 13.3 Å². The fourth-order valence-corrected chi connectivity index (χ4v) is 2.90. The Bertz CT molecular complexity index is 593. The molecule has 2 unspecified atom stereocenters. The van der Waals surface area contributed by atoms with Gasteiger partial charge in [0, 0.05) is 13.1 Å². The van der Waals surface area contributed by atoms with E-state index in [-0.39, 0.29) is 17.6 Å². The van der Waals surface area contributed by atoms with Crippen LogP contribution in [0.2, 0.25) is 0 Å². The van der Waals surface area contributed by atoms with Gasteiger partial charge in [0.05, 0.1) is 6.10 Å².